The van der Waals surface area contributed by atoms with Crippen molar-refractivity contribution in [2.75, 3.05) is 0 Å². The van der Waals surface area contributed by atoms with Gasteiger partial charge in [-0.3, -0.25) is 0 Å². The van der Waals surface area contributed by atoms with E-state index in [2.05, 4.69) is 4.79 Å². The van der Waals surface area contributed by atoms with Crippen molar-refractivity contribution in [3.8, 4) is 0 Å². The number of esters is 1. The Balaban J connectivity index is 2.29. The molecular weight excluding hydrogens is 156 g/mol. The Morgan fingerprint density at radius 3 is 2.67 bits per heavy atom. The number of rotatable bonds is 2. The molecule has 0 spiro atoms. The van der Waals surface area contributed by atoms with Crippen molar-refractivity contribution < 1.29 is 14.3 Å². The summed E-state index contributed by atoms with van der Waals surface area (Å²) in [6.07, 6.45) is 6.15. The molecule has 4 heteroatoms. The van der Waals surface area contributed by atoms with E-state index in [0.29, 0.717) is 0 Å². The molecule has 0 N–H and O–H groups in total. The van der Waals surface area contributed by atoms with Crippen LogP contribution in [0.25, 0.3) is 5.53 Å². The Kier molecular flexibility index (Phi) is 3.48. The Bertz CT molecular complexity index is 203. The molecule has 0 aromatic carbocycles. The van der Waals surface area contributed by atoms with Gasteiger partial charge in [-0.15, -0.1) is 0 Å². The molecule has 0 bridgehead atoms. The molecule has 0 aromatic heterocycles. The highest BCUT2D eigenvalue weighted by molar-refractivity contribution is 6.20. The highest BCUT2D eigenvalue weighted by Crippen LogP contribution is 2.19. The fourth-order valence-electron chi connectivity index (χ4n) is 1.42. The van der Waals surface area contributed by atoms with Gasteiger partial charge in [-0.25, -0.2) is 4.79 Å². The van der Waals surface area contributed by atoms with E-state index in [1.807, 2.05) is 0 Å². The summed E-state index contributed by atoms with van der Waals surface area (Å²) in [4.78, 5) is 13.4. The predicted molar refractivity (Wildman–Crippen MR) is 42.6 cm³/mol. The zero-order chi connectivity index (χ0) is 8.81. The first-order chi connectivity index (χ1) is 5.83. The van der Waals surface area contributed by atoms with Crippen molar-refractivity contribution in [2.24, 2.45) is 0 Å². The van der Waals surface area contributed by atoms with Crippen LogP contribution in [-0.2, 0) is 9.53 Å². The SMILES string of the molecule is [N-]=[N+]=CC(=O)OC1CCCCC1. The van der Waals surface area contributed by atoms with Crippen LogP contribution in [0.2, 0.25) is 0 Å². The second-order valence-electron chi connectivity index (χ2n) is 2.94. The Morgan fingerprint density at radius 2 is 2.08 bits per heavy atom. The molecular formula is C8H12N2O2. The molecule has 0 aromatic rings. The van der Waals surface area contributed by atoms with Gasteiger partial charge in [0.1, 0.15) is 6.10 Å². The predicted octanol–water partition coefficient (Wildman–Crippen LogP) is 1.16. The van der Waals surface area contributed by atoms with Crippen LogP contribution in [0.4, 0.5) is 0 Å². The third kappa shape index (κ3) is 2.84. The van der Waals surface area contributed by atoms with Crippen molar-refractivity contribution in [2.45, 2.75) is 38.2 Å². The van der Waals surface area contributed by atoms with E-state index >= 15 is 0 Å². The van der Waals surface area contributed by atoms with E-state index in [0.717, 1.165) is 31.9 Å². The first-order valence-electron chi connectivity index (χ1n) is 4.21. The maximum absolute atomic E-state index is 10.8. The minimum atomic E-state index is -0.551. The highest BCUT2D eigenvalue weighted by Gasteiger charge is 2.17. The molecule has 1 saturated carbocycles. The van der Waals surface area contributed by atoms with Crippen molar-refractivity contribution in [3.05, 3.63) is 5.53 Å². The molecule has 1 rings (SSSR count). The van der Waals surface area contributed by atoms with Crippen molar-refractivity contribution in [1.29, 1.82) is 0 Å². The van der Waals surface area contributed by atoms with Crippen LogP contribution >= 0.6 is 0 Å². The van der Waals surface area contributed by atoms with Gasteiger partial charge >= 0.3 is 12.2 Å². The summed E-state index contributed by atoms with van der Waals surface area (Å²) in [6.45, 7) is 0. The highest BCUT2D eigenvalue weighted by atomic mass is 16.5. The van der Waals surface area contributed by atoms with Crippen LogP contribution in [0.3, 0.4) is 0 Å². The summed E-state index contributed by atoms with van der Waals surface area (Å²) in [5.74, 6) is -0.551. The number of carbonyl (C=O) groups is 1. The lowest BCUT2D eigenvalue weighted by molar-refractivity contribution is -0.145. The largest absolute Gasteiger partial charge is 0.454 e. The quantitative estimate of drug-likeness (QED) is 0.269. The summed E-state index contributed by atoms with van der Waals surface area (Å²) in [5.41, 5.74) is 8.03. The third-order valence-electron chi connectivity index (χ3n) is 2.00. The van der Waals surface area contributed by atoms with Gasteiger partial charge in [0.15, 0.2) is 0 Å². The molecule has 1 aliphatic carbocycles. The lowest BCUT2D eigenvalue weighted by atomic mass is 9.98. The summed E-state index contributed by atoms with van der Waals surface area (Å²) in [5, 5.41) is 0. The average molecular weight is 168 g/mol. The van der Waals surface area contributed by atoms with Crippen molar-refractivity contribution >= 4 is 12.2 Å². The molecule has 0 unspecified atom stereocenters. The summed E-state index contributed by atoms with van der Waals surface area (Å²) >= 11 is 0. The lowest BCUT2D eigenvalue weighted by Gasteiger charge is -2.19. The van der Waals surface area contributed by atoms with E-state index in [4.69, 9.17) is 10.3 Å². The van der Waals surface area contributed by atoms with Gasteiger partial charge in [0.2, 0.25) is 0 Å². The van der Waals surface area contributed by atoms with Gasteiger partial charge in [-0.1, -0.05) is 6.42 Å². The second-order valence-corrected chi connectivity index (χ2v) is 2.94. The fraction of sp³-hybridized carbons (Fsp3) is 0.750. The Hall–Kier alpha value is -1.15. The first kappa shape index (κ1) is 8.94. The molecule has 4 nitrogen and oxygen atoms in total. The summed E-state index contributed by atoms with van der Waals surface area (Å²) < 4.78 is 4.98. The van der Waals surface area contributed by atoms with Crippen LogP contribution in [0, 0.1) is 0 Å². The van der Waals surface area contributed by atoms with Gasteiger partial charge in [0.25, 0.3) is 0 Å². The molecule has 0 heterocycles. The van der Waals surface area contributed by atoms with Gasteiger partial charge < -0.3 is 10.3 Å². The molecule has 0 atom stereocenters. The minimum Gasteiger partial charge on any atom is -0.454 e. The summed E-state index contributed by atoms with van der Waals surface area (Å²) in [6, 6.07) is 0. The van der Waals surface area contributed by atoms with Crippen LogP contribution in [-0.4, -0.2) is 23.1 Å². The molecule has 1 fully saturated rings. The second kappa shape index (κ2) is 4.67. The molecule has 66 valence electrons. The maximum atomic E-state index is 10.8. The van der Waals surface area contributed by atoms with E-state index in [1.165, 1.54) is 6.42 Å². The van der Waals surface area contributed by atoms with Crippen LogP contribution in [0.1, 0.15) is 32.1 Å². The molecule has 0 amide bonds. The maximum Gasteiger partial charge on any atom is 0.413 e. The van der Waals surface area contributed by atoms with Crippen LogP contribution in [0.5, 0.6) is 0 Å². The van der Waals surface area contributed by atoms with Gasteiger partial charge in [0.05, 0.1) is 0 Å². The van der Waals surface area contributed by atoms with E-state index < -0.39 is 5.97 Å². The fourth-order valence-corrected chi connectivity index (χ4v) is 1.42. The number of hydrogen-bond acceptors (Lipinski definition) is 2. The molecule has 0 saturated heterocycles. The normalized spacial score (nSPS) is 18.0. The number of ether oxygens (including phenoxy) is 1. The molecule has 12 heavy (non-hydrogen) atoms. The monoisotopic (exact) mass is 168 g/mol. The van der Waals surface area contributed by atoms with Gasteiger partial charge in [0, 0.05) is 0 Å². The van der Waals surface area contributed by atoms with Crippen molar-refractivity contribution in [3.63, 3.8) is 0 Å². The third-order valence-corrected chi connectivity index (χ3v) is 2.00. The van der Waals surface area contributed by atoms with E-state index in [-0.39, 0.29) is 6.10 Å². The number of carbonyl (C=O) groups excluding carboxylic acids is 1. The van der Waals surface area contributed by atoms with E-state index in [1.54, 1.807) is 0 Å². The zero-order valence-electron chi connectivity index (χ0n) is 6.90. The number of hydrogen-bond donors (Lipinski definition) is 0. The zero-order valence-corrected chi connectivity index (χ0v) is 6.90. The van der Waals surface area contributed by atoms with Gasteiger partial charge in [-0.2, -0.15) is 4.79 Å². The van der Waals surface area contributed by atoms with Crippen molar-refractivity contribution in [1.82, 2.24) is 0 Å². The lowest BCUT2D eigenvalue weighted by Crippen LogP contribution is -2.21. The van der Waals surface area contributed by atoms with Crippen LogP contribution < -0.4 is 0 Å². The Labute approximate surface area is 71.1 Å². The Morgan fingerprint density at radius 1 is 1.42 bits per heavy atom. The van der Waals surface area contributed by atoms with Crippen LogP contribution in [0.15, 0.2) is 0 Å². The number of nitrogens with zero attached hydrogens (tertiary/aromatic N) is 2. The molecule has 0 aliphatic heterocycles. The summed E-state index contributed by atoms with van der Waals surface area (Å²) in [7, 11) is 0. The van der Waals surface area contributed by atoms with Gasteiger partial charge in [-0.05, 0) is 25.7 Å². The average Bonchev–Trinajstić information content (AvgIpc) is 2.06. The minimum absolute atomic E-state index is 0.0317. The topological polar surface area (TPSA) is 62.7 Å². The molecule has 1 aliphatic rings. The van der Waals surface area contributed by atoms with E-state index in [9.17, 15) is 4.79 Å². The smallest absolute Gasteiger partial charge is 0.413 e. The molecule has 0 radical (unpaired) electrons. The first-order valence-corrected chi connectivity index (χ1v) is 4.21. The standard InChI is InChI=1S/C8H12N2O2/c9-10-6-8(11)12-7-4-2-1-3-5-7/h6-7H,1-5H2.